The van der Waals surface area contributed by atoms with Crippen LogP contribution in [-0.4, -0.2) is 15.5 Å². The smallest absolute Gasteiger partial charge is 0.224 e. The van der Waals surface area contributed by atoms with E-state index in [0.717, 1.165) is 22.5 Å². The molecule has 0 saturated carbocycles. The van der Waals surface area contributed by atoms with Crippen molar-refractivity contribution in [1.29, 1.82) is 0 Å². The lowest BCUT2D eigenvalue weighted by molar-refractivity contribution is -0.116. The molecule has 0 aliphatic carbocycles. The Morgan fingerprint density at radius 2 is 1.70 bits per heavy atom. The number of carbonyl (C=O) groups excluding carboxylic acids is 1. The lowest BCUT2D eigenvalue weighted by atomic mass is 10.2. The third-order valence-corrected chi connectivity index (χ3v) is 4.58. The number of para-hydroxylation sites is 2. The normalized spacial score (nSPS) is 11.0. The molecule has 0 radical (unpaired) electrons. The summed E-state index contributed by atoms with van der Waals surface area (Å²) in [4.78, 5) is 16.6. The number of nitrogens with one attached hydrogen (secondary N) is 1. The van der Waals surface area contributed by atoms with Gasteiger partial charge in [-0.3, -0.25) is 4.79 Å². The van der Waals surface area contributed by atoms with Gasteiger partial charge in [-0.15, -0.1) is 0 Å². The molecule has 2 aromatic heterocycles. The summed E-state index contributed by atoms with van der Waals surface area (Å²) in [7, 11) is 0. The van der Waals surface area contributed by atoms with Crippen LogP contribution in [0.15, 0.2) is 65.1 Å². The van der Waals surface area contributed by atoms with Crippen molar-refractivity contribution in [1.82, 2.24) is 9.55 Å². The van der Waals surface area contributed by atoms with Gasteiger partial charge < -0.3 is 14.3 Å². The maximum atomic E-state index is 12.2. The molecule has 0 saturated heterocycles. The van der Waals surface area contributed by atoms with Crippen molar-refractivity contribution in [2.24, 2.45) is 0 Å². The Kier molecular flexibility index (Phi) is 4.50. The van der Waals surface area contributed by atoms with Crippen molar-refractivity contribution in [3.63, 3.8) is 0 Å². The summed E-state index contributed by atoms with van der Waals surface area (Å²) < 4.78 is 7.83. The molecule has 4 rings (SSSR count). The average Bonchev–Trinajstić information content (AvgIpc) is 3.23. The van der Waals surface area contributed by atoms with Crippen LogP contribution >= 0.6 is 0 Å². The first-order chi connectivity index (χ1) is 13.1. The monoisotopic (exact) mass is 359 g/mol. The van der Waals surface area contributed by atoms with E-state index >= 15 is 0 Å². The maximum absolute atomic E-state index is 12.2. The number of aromatic nitrogens is 2. The van der Waals surface area contributed by atoms with Crippen LogP contribution in [0, 0.1) is 13.8 Å². The number of benzene rings is 2. The van der Waals surface area contributed by atoms with Gasteiger partial charge in [0.15, 0.2) is 11.5 Å². The number of aryl methyl sites for hydroxylation is 3. The molecule has 1 N–H and O–H groups in total. The van der Waals surface area contributed by atoms with Gasteiger partial charge in [0.2, 0.25) is 5.91 Å². The number of hydrogen-bond acceptors (Lipinski definition) is 3. The molecule has 136 valence electrons. The molecular formula is C22H21N3O2. The van der Waals surface area contributed by atoms with Crippen LogP contribution in [0.4, 0.5) is 5.69 Å². The van der Waals surface area contributed by atoms with E-state index in [1.165, 1.54) is 11.4 Å². The third kappa shape index (κ3) is 3.62. The summed E-state index contributed by atoms with van der Waals surface area (Å²) in [5, 5.41) is 2.93. The molecule has 2 heterocycles. The SMILES string of the molecule is Cc1ccc(C)n1-c1ccc(NC(=O)CCc2nc3ccccc3o2)cc1. The molecule has 1 amide bonds. The molecule has 5 nitrogen and oxygen atoms in total. The van der Waals surface area contributed by atoms with Crippen LogP contribution in [-0.2, 0) is 11.2 Å². The van der Waals surface area contributed by atoms with Gasteiger partial charge in [-0.2, -0.15) is 0 Å². The van der Waals surface area contributed by atoms with Crippen molar-refractivity contribution < 1.29 is 9.21 Å². The number of oxazole rings is 1. The van der Waals surface area contributed by atoms with Gasteiger partial charge in [0, 0.05) is 35.6 Å². The fourth-order valence-electron chi connectivity index (χ4n) is 3.24. The van der Waals surface area contributed by atoms with Crippen LogP contribution in [0.3, 0.4) is 0 Å². The maximum Gasteiger partial charge on any atom is 0.224 e. The lowest BCUT2D eigenvalue weighted by Crippen LogP contribution is -2.12. The molecule has 0 atom stereocenters. The number of rotatable bonds is 5. The number of carbonyl (C=O) groups is 1. The molecule has 5 heteroatoms. The summed E-state index contributed by atoms with van der Waals surface area (Å²) in [6.07, 6.45) is 0.796. The van der Waals surface area contributed by atoms with Crippen molar-refractivity contribution in [3.05, 3.63) is 77.9 Å². The van der Waals surface area contributed by atoms with Crippen molar-refractivity contribution >= 4 is 22.7 Å². The van der Waals surface area contributed by atoms with E-state index < -0.39 is 0 Å². The Labute approximate surface area is 157 Å². The van der Waals surface area contributed by atoms with E-state index in [1.54, 1.807) is 0 Å². The van der Waals surface area contributed by atoms with Gasteiger partial charge >= 0.3 is 0 Å². The Morgan fingerprint density at radius 1 is 1.00 bits per heavy atom. The summed E-state index contributed by atoms with van der Waals surface area (Å²) in [5.41, 5.74) is 5.80. The van der Waals surface area contributed by atoms with Crippen LogP contribution in [0.1, 0.15) is 23.7 Å². The minimum atomic E-state index is -0.0571. The predicted molar refractivity (Wildman–Crippen MR) is 106 cm³/mol. The van der Waals surface area contributed by atoms with E-state index in [0.29, 0.717) is 18.7 Å². The van der Waals surface area contributed by atoms with Gasteiger partial charge in [0.1, 0.15) is 5.52 Å². The number of amides is 1. The Morgan fingerprint density at radius 3 is 2.41 bits per heavy atom. The average molecular weight is 359 g/mol. The van der Waals surface area contributed by atoms with E-state index in [-0.39, 0.29) is 5.91 Å². The van der Waals surface area contributed by atoms with Crippen molar-refractivity contribution in [3.8, 4) is 5.69 Å². The van der Waals surface area contributed by atoms with Gasteiger partial charge in [0.25, 0.3) is 0 Å². The molecule has 2 aromatic carbocycles. The molecule has 0 fully saturated rings. The summed E-state index contributed by atoms with van der Waals surface area (Å²) in [6.45, 7) is 4.16. The largest absolute Gasteiger partial charge is 0.441 e. The summed E-state index contributed by atoms with van der Waals surface area (Å²) in [6, 6.07) is 19.7. The van der Waals surface area contributed by atoms with Crippen molar-refractivity contribution in [2.45, 2.75) is 26.7 Å². The second kappa shape index (κ2) is 7.11. The van der Waals surface area contributed by atoms with E-state index in [4.69, 9.17) is 4.42 Å². The second-order valence-electron chi connectivity index (χ2n) is 6.62. The first kappa shape index (κ1) is 17.1. The molecule has 0 aliphatic heterocycles. The lowest BCUT2D eigenvalue weighted by Gasteiger charge is -2.11. The first-order valence-electron chi connectivity index (χ1n) is 9.00. The number of fused-ring (bicyclic) bond motifs is 1. The van der Waals surface area contributed by atoms with E-state index in [2.05, 4.69) is 40.8 Å². The highest BCUT2D eigenvalue weighted by molar-refractivity contribution is 5.90. The van der Waals surface area contributed by atoms with Crippen LogP contribution in [0.5, 0.6) is 0 Å². The van der Waals surface area contributed by atoms with Crippen LogP contribution < -0.4 is 5.32 Å². The second-order valence-corrected chi connectivity index (χ2v) is 6.62. The summed E-state index contributed by atoms with van der Waals surface area (Å²) in [5.74, 6) is 0.526. The number of nitrogens with zero attached hydrogens (tertiary/aromatic N) is 2. The Bertz CT molecular complexity index is 1040. The van der Waals surface area contributed by atoms with Crippen LogP contribution in [0.2, 0.25) is 0 Å². The van der Waals surface area contributed by atoms with Gasteiger partial charge in [0.05, 0.1) is 0 Å². The zero-order chi connectivity index (χ0) is 18.8. The van der Waals surface area contributed by atoms with E-state index in [1.807, 2.05) is 48.5 Å². The Balaban J connectivity index is 1.38. The summed E-state index contributed by atoms with van der Waals surface area (Å²) >= 11 is 0. The molecule has 0 bridgehead atoms. The first-order valence-corrected chi connectivity index (χ1v) is 9.00. The van der Waals surface area contributed by atoms with Crippen LogP contribution in [0.25, 0.3) is 16.8 Å². The quantitative estimate of drug-likeness (QED) is 0.556. The zero-order valence-corrected chi connectivity index (χ0v) is 15.4. The standard InChI is InChI=1S/C22H21N3O2/c1-15-7-8-16(2)25(15)18-11-9-17(10-12-18)23-21(26)13-14-22-24-19-5-3-4-6-20(19)27-22/h3-12H,13-14H2,1-2H3,(H,23,26). The van der Waals surface area contributed by atoms with Gasteiger partial charge in [-0.1, -0.05) is 12.1 Å². The highest BCUT2D eigenvalue weighted by atomic mass is 16.3. The zero-order valence-electron chi connectivity index (χ0n) is 15.4. The minimum Gasteiger partial charge on any atom is -0.441 e. The van der Waals surface area contributed by atoms with E-state index in [9.17, 15) is 4.79 Å². The number of hydrogen-bond donors (Lipinski definition) is 1. The third-order valence-electron chi connectivity index (χ3n) is 4.58. The topological polar surface area (TPSA) is 60.1 Å². The molecule has 0 aliphatic rings. The fraction of sp³-hybridized carbons (Fsp3) is 0.182. The molecule has 0 unspecified atom stereocenters. The molecule has 0 spiro atoms. The van der Waals surface area contributed by atoms with Crippen molar-refractivity contribution in [2.75, 3.05) is 5.32 Å². The highest BCUT2D eigenvalue weighted by Crippen LogP contribution is 2.19. The Hall–Kier alpha value is -3.34. The van der Waals surface area contributed by atoms with Gasteiger partial charge in [-0.25, -0.2) is 4.98 Å². The fourth-order valence-corrected chi connectivity index (χ4v) is 3.24. The molecule has 4 aromatic rings. The molecule has 27 heavy (non-hydrogen) atoms. The predicted octanol–water partition coefficient (Wildman–Crippen LogP) is 4.81. The minimum absolute atomic E-state index is 0.0571. The number of anilines is 1. The molecular weight excluding hydrogens is 338 g/mol. The highest BCUT2D eigenvalue weighted by Gasteiger charge is 2.09. The van der Waals surface area contributed by atoms with Gasteiger partial charge in [-0.05, 0) is 62.4 Å².